The van der Waals surface area contributed by atoms with Crippen LogP contribution in [0.4, 0.5) is 0 Å². The summed E-state index contributed by atoms with van der Waals surface area (Å²) in [4.78, 5) is 0. The predicted molar refractivity (Wildman–Crippen MR) is 44.1 cm³/mol. The molecule has 0 atom stereocenters. The van der Waals surface area contributed by atoms with Gasteiger partial charge in [0.2, 0.25) is 0 Å². The van der Waals surface area contributed by atoms with Crippen LogP contribution in [0.5, 0.6) is 0 Å². The van der Waals surface area contributed by atoms with E-state index in [1.807, 2.05) is 0 Å². The summed E-state index contributed by atoms with van der Waals surface area (Å²) in [6.45, 7) is 2.09. The number of unbranched alkanes of at least 4 members (excludes halogenated alkanes) is 1. The van der Waals surface area contributed by atoms with Crippen molar-refractivity contribution in [3.63, 3.8) is 0 Å². The fourth-order valence-electron chi connectivity index (χ4n) is 0.426. The molecule has 0 aromatic carbocycles. The first-order valence-electron chi connectivity index (χ1n) is 2.88. The van der Waals surface area contributed by atoms with Gasteiger partial charge in [0, 0.05) is 5.03 Å². The lowest BCUT2D eigenvalue weighted by Crippen LogP contribution is -1.73. The molecule has 0 heterocycles. The van der Waals surface area contributed by atoms with Crippen molar-refractivity contribution in [1.82, 2.24) is 0 Å². The quantitative estimate of drug-likeness (QED) is 0.625. The molecule has 0 radical (unpaired) electrons. The maximum Gasteiger partial charge on any atom is 0.121 e. The second kappa shape index (κ2) is 5.40. The van der Waals surface area contributed by atoms with E-state index >= 15 is 0 Å². The van der Waals surface area contributed by atoms with Crippen LogP contribution in [-0.2, 0) is 0 Å². The Kier molecular flexibility index (Phi) is 5.77. The molecule has 0 aliphatic carbocycles. The Bertz CT molecular complexity index is 103. The normalized spacial score (nSPS) is 9.33. The summed E-state index contributed by atoms with van der Waals surface area (Å²) in [5, 5.41) is 0.570. The average Bonchev–Trinajstić information content (AvgIpc) is 1.82. The molecule has 0 N–H and O–H groups in total. The van der Waals surface area contributed by atoms with Crippen molar-refractivity contribution in [3.05, 3.63) is 9.52 Å². The largest absolute Gasteiger partial charge is 0.121 e. The fraction of sp³-hybridized carbons (Fsp3) is 0.667. The Morgan fingerprint density at radius 2 is 1.78 bits per heavy atom. The summed E-state index contributed by atoms with van der Waals surface area (Å²) in [5.41, 5.74) is 0. The van der Waals surface area contributed by atoms with Gasteiger partial charge in [0.1, 0.15) is 4.49 Å². The van der Waals surface area contributed by atoms with Gasteiger partial charge in [0.15, 0.2) is 0 Å². The average molecular weight is 187 g/mol. The predicted octanol–water partition coefficient (Wildman–Crippen LogP) is 4.06. The van der Waals surface area contributed by atoms with Crippen LogP contribution in [0.25, 0.3) is 0 Å². The third kappa shape index (κ3) is 5.07. The molecule has 0 unspecified atom stereocenters. The Labute approximate surface area is 70.8 Å². The molecular formula is C6H9Cl3. The number of hydrogen-bond acceptors (Lipinski definition) is 0. The van der Waals surface area contributed by atoms with Crippen LogP contribution in [0.1, 0.15) is 26.2 Å². The molecule has 0 rings (SSSR count). The van der Waals surface area contributed by atoms with Gasteiger partial charge < -0.3 is 0 Å². The van der Waals surface area contributed by atoms with Crippen molar-refractivity contribution in [3.8, 4) is 0 Å². The molecular weight excluding hydrogens is 178 g/mol. The molecule has 0 nitrogen and oxygen atoms in total. The highest BCUT2D eigenvalue weighted by atomic mass is 35.5. The third-order valence-corrected chi connectivity index (χ3v) is 1.98. The zero-order valence-electron chi connectivity index (χ0n) is 5.26. The monoisotopic (exact) mass is 186 g/mol. The number of rotatable bonds is 3. The second-order valence-electron chi connectivity index (χ2n) is 1.77. The van der Waals surface area contributed by atoms with E-state index in [1.54, 1.807) is 0 Å². The van der Waals surface area contributed by atoms with E-state index in [2.05, 4.69) is 6.92 Å². The van der Waals surface area contributed by atoms with Gasteiger partial charge in [-0.2, -0.15) is 0 Å². The molecule has 3 heteroatoms. The summed E-state index contributed by atoms with van der Waals surface area (Å²) in [5.74, 6) is 0. The van der Waals surface area contributed by atoms with E-state index in [4.69, 9.17) is 34.8 Å². The fourth-order valence-corrected chi connectivity index (χ4v) is 0.749. The van der Waals surface area contributed by atoms with Crippen LogP contribution in [0.15, 0.2) is 9.52 Å². The van der Waals surface area contributed by atoms with Gasteiger partial charge in [-0.1, -0.05) is 48.1 Å². The van der Waals surface area contributed by atoms with E-state index in [0.717, 1.165) is 19.3 Å². The van der Waals surface area contributed by atoms with Crippen LogP contribution in [0, 0.1) is 0 Å². The van der Waals surface area contributed by atoms with Crippen LogP contribution >= 0.6 is 34.8 Å². The van der Waals surface area contributed by atoms with Crippen LogP contribution < -0.4 is 0 Å². The van der Waals surface area contributed by atoms with Crippen molar-refractivity contribution >= 4 is 34.8 Å². The molecule has 0 aromatic heterocycles. The number of hydrogen-bond donors (Lipinski definition) is 0. The molecule has 0 saturated carbocycles. The molecule has 9 heavy (non-hydrogen) atoms. The zero-order valence-corrected chi connectivity index (χ0v) is 7.52. The highest BCUT2D eigenvalue weighted by Crippen LogP contribution is 2.22. The minimum atomic E-state index is 0.199. The van der Waals surface area contributed by atoms with Crippen molar-refractivity contribution in [2.75, 3.05) is 0 Å². The molecule has 0 aromatic rings. The van der Waals surface area contributed by atoms with Gasteiger partial charge in [-0.3, -0.25) is 0 Å². The first-order chi connectivity index (χ1) is 4.18. The van der Waals surface area contributed by atoms with Gasteiger partial charge in [-0.15, -0.1) is 0 Å². The maximum atomic E-state index is 5.61. The molecule has 0 saturated heterocycles. The number of allylic oxidation sites excluding steroid dienone is 1. The lowest BCUT2D eigenvalue weighted by Gasteiger charge is -1.94. The molecule has 0 bridgehead atoms. The summed E-state index contributed by atoms with van der Waals surface area (Å²) in [6.07, 6.45) is 2.94. The Balaban J connectivity index is 3.50. The summed E-state index contributed by atoms with van der Waals surface area (Å²) in [6, 6.07) is 0. The molecule has 54 valence electrons. The number of halogens is 3. The topological polar surface area (TPSA) is 0 Å². The molecule has 0 amide bonds. The first-order valence-corrected chi connectivity index (χ1v) is 4.01. The Hall–Kier alpha value is 0.610. The third-order valence-electron chi connectivity index (χ3n) is 0.955. The van der Waals surface area contributed by atoms with Gasteiger partial charge in [-0.05, 0) is 12.8 Å². The van der Waals surface area contributed by atoms with E-state index in [-0.39, 0.29) is 4.49 Å². The van der Waals surface area contributed by atoms with E-state index < -0.39 is 0 Å². The van der Waals surface area contributed by atoms with Crippen molar-refractivity contribution < 1.29 is 0 Å². The molecule has 0 aliphatic heterocycles. The maximum absolute atomic E-state index is 5.61. The van der Waals surface area contributed by atoms with Crippen LogP contribution in [-0.4, -0.2) is 0 Å². The smallest absolute Gasteiger partial charge is 0.0866 e. The van der Waals surface area contributed by atoms with E-state index in [0.29, 0.717) is 5.03 Å². The highest BCUT2D eigenvalue weighted by molar-refractivity contribution is 6.59. The summed E-state index contributed by atoms with van der Waals surface area (Å²) >= 11 is 16.4. The van der Waals surface area contributed by atoms with Crippen molar-refractivity contribution in [2.24, 2.45) is 0 Å². The van der Waals surface area contributed by atoms with Gasteiger partial charge in [-0.25, -0.2) is 0 Å². The highest BCUT2D eigenvalue weighted by Gasteiger charge is 1.96. The SMILES string of the molecule is CCCCC(Cl)=C(Cl)Cl. The minimum Gasteiger partial charge on any atom is -0.0866 e. The van der Waals surface area contributed by atoms with Crippen molar-refractivity contribution in [2.45, 2.75) is 26.2 Å². The van der Waals surface area contributed by atoms with E-state index in [9.17, 15) is 0 Å². The molecule has 0 fully saturated rings. The summed E-state index contributed by atoms with van der Waals surface area (Å²) < 4.78 is 0.199. The van der Waals surface area contributed by atoms with Gasteiger partial charge >= 0.3 is 0 Å². The van der Waals surface area contributed by atoms with Crippen LogP contribution in [0.3, 0.4) is 0 Å². The molecule has 0 aliphatic rings. The van der Waals surface area contributed by atoms with Crippen LogP contribution in [0.2, 0.25) is 0 Å². The van der Waals surface area contributed by atoms with Crippen molar-refractivity contribution in [1.29, 1.82) is 0 Å². The second-order valence-corrected chi connectivity index (χ2v) is 3.17. The zero-order chi connectivity index (χ0) is 7.28. The Morgan fingerprint density at radius 1 is 1.22 bits per heavy atom. The molecule has 0 spiro atoms. The standard InChI is InChI=1S/C6H9Cl3/c1-2-3-4-5(7)6(8)9/h2-4H2,1H3. The van der Waals surface area contributed by atoms with Gasteiger partial charge in [0.25, 0.3) is 0 Å². The van der Waals surface area contributed by atoms with E-state index in [1.165, 1.54) is 0 Å². The van der Waals surface area contributed by atoms with Gasteiger partial charge in [0.05, 0.1) is 0 Å². The minimum absolute atomic E-state index is 0.199. The first kappa shape index (κ1) is 9.61. The lowest BCUT2D eigenvalue weighted by atomic mass is 10.2. The lowest BCUT2D eigenvalue weighted by molar-refractivity contribution is 0.807. The Morgan fingerprint density at radius 3 is 2.11 bits per heavy atom. The summed E-state index contributed by atoms with van der Waals surface area (Å²) in [7, 11) is 0.